The zero-order valence-corrected chi connectivity index (χ0v) is 12.7. The molecule has 3 aromatic rings. The topological polar surface area (TPSA) is 55.6 Å². The third-order valence-electron chi connectivity index (χ3n) is 4.56. The van der Waals surface area contributed by atoms with E-state index in [-0.39, 0.29) is 11.9 Å². The van der Waals surface area contributed by atoms with Gasteiger partial charge >= 0.3 is 0 Å². The Morgan fingerprint density at radius 3 is 2.83 bits per heavy atom. The Balaban J connectivity index is 1.77. The van der Waals surface area contributed by atoms with Crippen LogP contribution in [0.5, 0.6) is 0 Å². The third-order valence-corrected chi connectivity index (χ3v) is 4.56. The van der Waals surface area contributed by atoms with Gasteiger partial charge in [0.1, 0.15) is 11.9 Å². The molecule has 23 heavy (non-hydrogen) atoms. The van der Waals surface area contributed by atoms with E-state index in [0.717, 1.165) is 42.3 Å². The van der Waals surface area contributed by atoms with Gasteiger partial charge in [0.2, 0.25) is 0 Å². The van der Waals surface area contributed by atoms with E-state index in [9.17, 15) is 4.39 Å². The fraction of sp³-hybridized carbons (Fsp3) is 0.353. The monoisotopic (exact) mass is 311 g/mol. The molecule has 2 atom stereocenters. The van der Waals surface area contributed by atoms with Gasteiger partial charge in [0.25, 0.3) is 0 Å². The van der Waals surface area contributed by atoms with Gasteiger partial charge in [-0.15, -0.1) is 10.2 Å². The fourth-order valence-electron chi connectivity index (χ4n) is 3.46. The Morgan fingerprint density at radius 2 is 2.04 bits per heavy atom. The highest BCUT2D eigenvalue weighted by Gasteiger charge is 2.28. The maximum absolute atomic E-state index is 13.4. The minimum absolute atomic E-state index is 0.0414. The van der Waals surface area contributed by atoms with E-state index >= 15 is 0 Å². The van der Waals surface area contributed by atoms with Crippen molar-refractivity contribution in [3.05, 3.63) is 54.1 Å². The number of benzene rings is 2. The van der Waals surface area contributed by atoms with Crippen LogP contribution >= 0.6 is 0 Å². The fourth-order valence-corrected chi connectivity index (χ4v) is 3.46. The third kappa shape index (κ3) is 2.82. The average Bonchev–Trinajstić information content (AvgIpc) is 3.10. The number of tetrazole rings is 1. The van der Waals surface area contributed by atoms with Crippen LogP contribution in [0.4, 0.5) is 4.39 Å². The van der Waals surface area contributed by atoms with E-state index in [1.165, 1.54) is 12.4 Å². The molecule has 0 saturated carbocycles. The zero-order chi connectivity index (χ0) is 15.6. The van der Waals surface area contributed by atoms with Crippen molar-refractivity contribution in [3.63, 3.8) is 0 Å². The molecule has 1 saturated heterocycles. The molecule has 1 fully saturated rings. The van der Waals surface area contributed by atoms with E-state index < -0.39 is 0 Å². The van der Waals surface area contributed by atoms with Crippen LogP contribution in [0.1, 0.15) is 24.4 Å². The number of piperidine rings is 1. The molecule has 0 aliphatic carbocycles. The van der Waals surface area contributed by atoms with E-state index in [1.54, 1.807) is 10.9 Å². The van der Waals surface area contributed by atoms with Crippen molar-refractivity contribution in [2.75, 3.05) is 13.1 Å². The minimum Gasteiger partial charge on any atom is -0.316 e. The van der Waals surface area contributed by atoms with Gasteiger partial charge in [-0.3, -0.25) is 0 Å². The summed E-state index contributed by atoms with van der Waals surface area (Å²) in [6.07, 6.45) is 3.75. The molecule has 0 amide bonds. The average molecular weight is 311 g/mol. The molecule has 0 bridgehead atoms. The van der Waals surface area contributed by atoms with Crippen LogP contribution < -0.4 is 5.32 Å². The molecule has 1 N–H and O–H groups in total. The lowest BCUT2D eigenvalue weighted by Gasteiger charge is -2.30. The van der Waals surface area contributed by atoms with E-state index in [1.807, 2.05) is 18.2 Å². The summed E-state index contributed by atoms with van der Waals surface area (Å²) >= 11 is 0. The first-order valence-corrected chi connectivity index (χ1v) is 7.94. The van der Waals surface area contributed by atoms with Crippen LogP contribution in [0.3, 0.4) is 0 Å². The van der Waals surface area contributed by atoms with Gasteiger partial charge in [-0.05, 0) is 65.1 Å². The number of nitrogens with zero attached hydrogens (tertiary/aromatic N) is 4. The number of hydrogen-bond acceptors (Lipinski definition) is 4. The first-order valence-electron chi connectivity index (χ1n) is 7.94. The largest absolute Gasteiger partial charge is 0.316 e. The van der Waals surface area contributed by atoms with Crippen molar-refractivity contribution in [2.24, 2.45) is 5.92 Å². The van der Waals surface area contributed by atoms with Crippen molar-refractivity contribution >= 4 is 10.8 Å². The normalized spacial score (nSPS) is 19.8. The van der Waals surface area contributed by atoms with Crippen LogP contribution in [0, 0.1) is 11.7 Å². The van der Waals surface area contributed by atoms with Gasteiger partial charge in [-0.1, -0.05) is 18.2 Å². The summed E-state index contributed by atoms with van der Waals surface area (Å²) in [5.41, 5.74) is 1.14. The van der Waals surface area contributed by atoms with E-state index in [2.05, 4.69) is 26.8 Å². The maximum Gasteiger partial charge on any atom is 0.162 e. The van der Waals surface area contributed by atoms with E-state index in [4.69, 9.17) is 0 Å². The molecule has 0 unspecified atom stereocenters. The summed E-state index contributed by atoms with van der Waals surface area (Å²) in [6, 6.07) is 11.0. The summed E-state index contributed by atoms with van der Waals surface area (Å²) in [4.78, 5) is 1.70. The summed E-state index contributed by atoms with van der Waals surface area (Å²) in [5.74, 6) is 0.201. The van der Waals surface area contributed by atoms with Crippen LogP contribution in [-0.4, -0.2) is 33.3 Å². The van der Waals surface area contributed by atoms with Crippen molar-refractivity contribution in [1.29, 1.82) is 0 Å². The highest BCUT2D eigenvalue weighted by Crippen LogP contribution is 2.31. The van der Waals surface area contributed by atoms with Crippen LogP contribution in [0.25, 0.3) is 10.8 Å². The molecule has 118 valence electrons. The molecule has 0 radical (unpaired) electrons. The maximum atomic E-state index is 13.4. The number of rotatable bonds is 3. The number of aromatic nitrogens is 4. The molecule has 6 heteroatoms. The SMILES string of the molecule is Fc1ccc2cc([C@@H]([C@@H]3CCCNC3)n3ncnn3)ccc2c1. The smallest absolute Gasteiger partial charge is 0.162 e. The first-order chi connectivity index (χ1) is 11.3. The summed E-state index contributed by atoms with van der Waals surface area (Å²) in [6.45, 7) is 2.00. The van der Waals surface area contributed by atoms with E-state index in [0.29, 0.717) is 5.92 Å². The highest BCUT2D eigenvalue weighted by molar-refractivity contribution is 5.83. The molecule has 1 aliphatic heterocycles. The molecule has 2 aromatic carbocycles. The first kappa shape index (κ1) is 14.3. The quantitative estimate of drug-likeness (QED) is 0.807. The lowest BCUT2D eigenvalue weighted by atomic mass is 9.87. The van der Waals surface area contributed by atoms with Gasteiger partial charge < -0.3 is 5.32 Å². The molecule has 1 aliphatic rings. The highest BCUT2D eigenvalue weighted by atomic mass is 19.1. The lowest BCUT2D eigenvalue weighted by molar-refractivity contribution is 0.261. The molecule has 0 spiro atoms. The molecule has 4 rings (SSSR count). The second-order valence-corrected chi connectivity index (χ2v) is 6.06. The number of hydrogen-bond donors (Lipinski definition) is 1. The molecule has 1 aromatic heterocycles. The standard InChI is InChI=1S/C17H18FN5/c18-16-6-5-12-8-14(4-3-13(12)9-16)17(23-21-11-20-22-23)15-2-1-7-19-10-15/h3-6,8-9,11,15,17,19H,1-2,7,10H2/t15-,17+/m1/s1. The Bertz CT molecular complexity index is 796. The Labute approximate surface area is 133 Å². The van der Waals surface area contributed by atoms with Crippen molar-refractivity contribution in [3.8, 4) is 0 Å². The van der Waals surface area contributed by atoms with Crippen molar-refractivity contribution in [2.45, 2.75) is 18.9 Å². The summed E-state index contributed by atoms with van der Waals surface area (Å²) < 4.78 is 13.4. The summed E-state index contributed by atoms with van der Waals surface area (Å²) in [7, 11) is 0. The van der Waals surface area contributed by atoms with Gasteiger partial charge in [0.15, 0.2) is 6.33 Å². The van der Waals surface area contributed by atoms with Gasteiger partial charge in [0, 0.05) is 6.54 Å². The lowest BCUT2D eigenvalue weighted by Crippen LogP contribution is -2.36. The Morgan fingerprint density at radius 1 is 1.17 bits per heavy atom. The molecular weight excluding hydrogens is 293 g/mol. The second-order valence-electron chi connectivity index (χ2n) is 6.06. The molecule has 2 heterocycles. The summed E-state index contributed by atoms with van der Waals surface area (Å²) in [5, 5.41) is 17.7. The number of fused-ring (bicyclic) bond motifs is 1. The second kappa shape index (κ2) is 6.04. The molecule has 5 nitrogen and oxygen atoms in total. The molecular formula is C17H18FN5. The van der Waals surface area contributed by atoms with Gasteiger partial charge in [-0.2, -0.15) is 4.80 Å². The van der Waals surface area contributed by atoms with Gasteiger partial charge in [-0.25, -0.2) is 4.39 Å². The van der Waals surface area contributed by atoms with Crippen molar-refractivity contribution in [1.82, 2.24) is 25.5 Å². The Kier molecular flexibility index (Phi) is 3.75. The van der Waals surface area contributed by atoms with Crippen LogP contribution in [0.15, 0.2) is 42.7 Å². The predicted octanol–water partition coefficient (Wildman–Crippen LogP) is 2.55. The predicted molar refractivity (Wildman–Crippen MR) is 85.5 cm³/mol. The number of halogens is 1. The Hall–Kier alpha value is -2.34. The van der Waals surface area contributed by atoms with Crippen LogP contribution in [-0.2, 0) is 0 Å². The van der Waals surface area contributed by atoms with Crippen molar-refractivity contribution < 1.29 is 4.39 Å². The van der Waals surface area contributed by atoms with Gasteiger partial charge in [0.05, 0.1) is 0 Å². The van der Waals surface area contributed by atoms with Crippen LogP contribution in [0.2, 0.25) is 0 Å². The number of nitrogens with one attached hydrogen (secondary N) is 1. The minimum atomic E-state index is -0.212. The zero-order valence-electron chi connectivity index (χ0n) is 12.7.